The number of rotatable bonds is 11. The van der Waals surface area contributed by atoms with Crippen LogP contribution in [0.2, 0.25) is 0 Å². The van der Waals surface area contributed by atoms with Crippen LogP contribution in [0.15, 0.2) is 24.3 Å². The molecule has 0 amide bonds. The van der Waals surface area contributed by atoms with Crippen molar-refractivity contribution in [3.05, 3.63) is 35.4 Å². The third-order valence-electron chi connectivity index (χ3n) is 3.61. The first kappa shape index (κ1) is 22.1. The summed E-state index contributed by atoms with van der Waals surface area (Å²) < 4.78 is 0. The SMILES string of the molecule is O=C([O-])CCCCCCCCC(=O)[O-].[NH3+]Cc1ccc(C[NH3+])cc1. The molecule has 136 valence electrons. The molecule has 1 aromatic rings. The van der Waals surface area contributed by atoms with E-state index in [0.29, 0.717) is 12.8 Å². The molecule has 0 unspecified atom stereocenters. The van der Waals surface area contributed by atoms with Crippen molar-refractivity contribution in [2.24, 2.45) is 0 Å². The lowest BCUT2D eigenvalue weighted by Gasteiger charge is -2.03. The van der Waals surface area contributed by atoms with E-state index in [4.69, 9.17) is 0 Å². The van der Waals surface area contributed by atoms with Gasteiger partial charge in [0.1, 0.15) is 0 Å². The zero-order chi connectivity index (χ0) is 18.2. The molecule has 0 atom stereocenters. The third-order valence-corrected chi connectivity index (χ3v) is 3.61. The van der Waals surface area contributed by atoms with E-state index in [2.05, 4.69) is 35.7 Å². The smallest absolute Gasteiger partial charge is 0.0997 e. The van der Waals surface area contributed by atoms with Gasteiger partial charge in [-0.05, 0) is 25.7 Å². The monoisotopic (exact) mass is 338 g/mol. The van der Waals surface area contributed by atoms with E-state index in [0.717, 1.165) is 38.8 Å². The minimum atomic E-state index is -0.998. The molecule has 0 saturated carbocycles. The number of benzene rings is 1. The van der Waals surface area contributed by atoms with E-state index >= 15 is 0 Å². The lowest BCUT2D eigenvalue weighted by molar-refractivity contribution is -0.387. The van der Waals surface area contributed by atoms with Gasteiger partial charge in [-0.1, -0.05) is 49.9 Å². The highest BCUT2D eigenvalue weighted by molar-refractivity contribution is 5.64. The molecule has 0 saturated heterocycles. The zero-order valence-electron chi connectivity index (χ0n) is 14.4. The summed E-state index contributed by atoms with van der Waals surface area (Å²) in [4.78, 5) is 20.1. The van der Waals surface area contributed by atoms with Crippen LogP contribution in [0.25, 0.3) is 0 Å². The van der Waals surface area contributed by atoms with E-state index < -0.39 is 11.9 Å². The van der Waals surface area contributed by atoms with Crippen molar-refractivity contribution in [2.75, 3.05) is 0 Å². The van der Waals surface area contributed by atoms with Crippen molar-refractivity contribution in [1.29, 1.82) is 0 Å². The molecule has 0 bridgehead atoms. The van der Waals surface area contributed by atoms with Crippen LogP contribution in [0.3, 0.4) is 0 Å². The summed E-state index contributed by atoms with van der Waals surface area (Å²) in [5, 5.41) is 20.1. The Kier molecular flexibility index (Phi) is 13.5. The minimum absolute atomic E-state index is 0.124. The van der Waals surface area contributed by atoms with E-state index in [1.807, 2.05) is 0 Å². The topological polar surface area (TPSA) is 136 Å². The van der Waals surface area contributed by atoms with Gasteiger partial charge in [-0.2, -0.15) is 0 Å². The Morgan fingerprint density at radius 1 is 0.667 bits per heavy atom. The largest absolute Gasteiger partial charge is 0.550 e. The standard InChI is InChI=1S/C10H18O4.C8H12N2/c11-9(12)7-5-3-1-2-4-6-8-10(13)14;9-5-7-1-2-8(6-10)4-3-7/h1-8H2,(H,11,12)(H,13,14);1-4H,5-6,9-10H2. The lowest BCUT2D eigenvalue weighted by Crippen LogP contribution is -2.48. The highest BCUT2D eigenvalue weighted by Gasteiger charge is 1.93. The molecular weight excluding hydrogens is 308 g/mol. The predicted molar refractivity (Wildman–Crippen MR) is 86.6 cm³/mol. The number of carbonyl (C=O) groups excluding carboxylic acids is 2. The van der Waals surface area contributed by atoms with E-state index in [9.17, 15) is 19.8 Å². The molecule has 0 aliphatic heterocycles. The third kappa shape index (κ3) is 13.7. The normalized spacial score (nSPS) is 9.92. The number of aliphatic carboxylic acids is 2. The molecule has 6 heteroatoms. The van der Waals surface area contributed by atoms with E-state index in [1.165, 1.54) is 11.1 Å². The average molecular weight is 338 g/mol. The number of hydrogen-bond acceptors (Lipinski definition) is 4. The average Bonchev–Trinajstić information content (AvgIpc) is 2.57. The van der Waals surface area contributed by atoms with Gasteiger partial charge in [0.05, 0.1) is 13.1 Å². The fourth-order valence-electron chi connectivity index (χ4n) is 2.12. The Hall–Kier alpha value is -1.92. The Morgan fingerprint density at radius 3 is 1.21 bits per heavy atom. The highest BCUT2D eigenvalue weighted by Crippen LogP contribution is 2.07. The summed E-state index contributed by atoms with van der Waals surface area (Å²) in [6.07, 6.45) is 5.23. The molecule has 0 heterocycles. The molecule has 0 fully saturated rings. The molecule has 6 nitrogen and oxygen atoms in total. The van der Waals surface area contributed by atoms with Crippen LogP contribution in [0, 0.1) is 0 Å². The van der Waals surface area contributed by atoms with Crippen LogP contribution in [0.4, 0.5) is 0 Å². The summed E-state index contributed by atoms with van der Waals surface area (Å²) in [6.45, 7) is 1.74. The van der Waals surface area contributed by atoms with Gasteiger partial charge in [0, 0.05) is 23.1 Å². The molecule has 0 aliphatic rings. The van der Waals surface area contributed by atoms with Crippen LogP contribution in [0.1, 0.15) is 62.5 Å². The highest BCUT2D eigenvalue weighted by atomic mass is 16.4. The Balaban J connectivity index is 0.000000463. The van der Waals surface area contributed by atoms with Crippen molar-refractivity contribution >= 4 is 11.9 Å². The van der Waals surface area contributed by atoms with Crippen LogP contribution in [-0.4, -0.2) is 11.9 Å². The molecule has 0 aliphatic carbocycles. The lowest BCUT2D eigenvalue weighted by atomic mass is 10.1. The summed E-state index contributed by atoms with van der Waals surface area (Å²) in [5.74, 6) is -2.00. The molecule has 6 N–H and O–H groups in total. The second-order valence-corrected chi connectivity index (χ2v) is 5.68. The number of carboxylic acids is 2. The van der Waals surface area contributed by atoms with Gasteiger partial charge in [-0.25, -0.2) is 0 Å². The number of quaternary nitrogens is 2. The van der Waals surface area contributed by atoms with Crippen molar-refractivity contribution in [1.82, 2.24) is 0 Å². The van der Waals surface area contributed by atoms with Gasteiger partial charge in [0.25, 0.3) is 0 Å². The van der Waals surface area contributed by atoms with Gasteiger partial charge >= 0.3 is 0 Å². The van der Waals surface area contributed by atoms with Crippen molar-refractivity contribution in [3.8, 4) is 0 Å². The summed E-state index contributed by atoms with van der Waals surface area (Å²) in [7, 11) is 0. The van der Waals surface area contributed by atoms with Crippen molar-refractivity contribution in [2.45, 2.75) is 64.5 Å². The van der Waals surface area contributed by atoms with Crippen LogP contribution < -0.4 is 21.7 Å². The molecule has 0 spiro atoms. The van der Waals surface area contributed by atoms with E-state index in [-0.39, 0.29) is 12.8 Å². The Morgan fingerprint density at radius 2 is 0.958 bits per heavy atom. The predicted octanol–water partition coefficient (Wildman–Crippen LogP) is -1.22. The summed E-state index contributed by atoms with van der Waals surface area (Å²) in [5.41, 5.74) is 10.2. The maximum absolute atomic E-state index is 10.0. The van der Waals surface area contributed by atoms with Crippen molar-refractivity contribution < 1.29 is 31.3 Å². The molecule has 1 rings (SSSR count). The van der Waals surface area contributed by atoms with Crippen LogP contribution in [-0.2, 0) is 22.7 Å². The number of carbonyl (C=O) groups is 2. The number of hydrogen-bond donors (Lipinski definition) is 2. The van der Waals surface area contributed by atoms with Gasteiger partial charge in [-0.15, -0.1) is 0 Å². The zero-order valence-corrected chi connectivity index (χ0v) is 14.4. The van der Waals surface area contributed by atoms with Gasteiger partial charge in [0.2, 0.25) is 0 Å². The second-order valence-electron chi connectivity index (χ2n) is 5.68. The first-order valence-corrected chi connectivity index (χ1v) is 8.55. The minimum Gasteiger partial charge on any atom is -0.550 e. The van der Waals surface area contributed by atoms with Crippen LogP contribution in [0.5, 0.6) is 0 Å². The van der Waals surface area contributed by atoms with Gasteiger partial charge < -0.3 is 31.3 Å². The summed E-state index contributed by atoms with van der Waals surface area (Å²) in [6, 6.07) is 8.42. The summed E-state index contributed by atoms with van der Waals surface area (Å²) >= 11 is 0. The maximum Gasteiger partial charge on any atom is 0.0997 e. The molecule has 0 radical (unpaired) electrons. The van der Waals surface area contributed by atoms with Crippen LogP contribution >= 0.6 is 0 Å². The van der Waals surface area contributed by atoms with Gasteiger partial charge in [0.15, 0.2) is 0 Å². The fraction of sp³-hybridized carbons (Fsp3) is 0.556. The first-order chi connectivity index (χ1) is 11.5. The molecule has 0 aromatic heterocycles. The Labute approximate surface area is 143 Å². The first-order valence-electron chi connectivity index (χ1n) is 8.55. The van der Waals surface area contributed by atoms with E-state index in [1.54, 1.807) is 0 Å². The van der Waals surface area contributed by atoms with Crippen molar-refractivity contribution in [3.63, 3.8) is 0 Å². The molecular formula is C18H30N2O4. The fourth-order valence-corrected chi connectivity index (χ4v) is 2.12. The quantitative estimate of drug-likeness (QED) is 0.489. The second kappa shape index (κ2) is 14.7. The number of carboxylic acid groups (broad SMARTS) is 2. The maximum atomic E-state index is 10.0. The molecule has 1 aromatic carbocycles. The Bertz CT molecular complexity index is 418. The molecule has 24 heavy (non-hydrogen) atoms. The van der Waals surface area contributed by atoms with Gasteiger partial charge in [-0.3, -0.25) is 0 Å². The number of unbranched alkanes of at least 4 members (excludes halogenated alkanes) is 5.